The standard InChI is InChI=1S/C33H34N4O3S2.C2H6/c1-22-34-17-16-27(35-22)25-14-9-15-26(18-25)42(2)36-20-29(23-10-5-3-6-11-23)37(31(38)21-36)28-19-30(41-32(28)33(39)40)24-12-7-4-8-13-24;1-2/h4,7-9,12-19,23,29H,2-3,5-6,10-11,20-21H2,1H3,(H,39,40);1-2H3. The number of piperazine rings is 1. The van der Waals surface area contributed by atoms with Gasteiger partial charge in [0.1, 0.15) is 10.7 Å². The van der Waals surface area contributed by atoms with Crippen molar-refractivity contribution in [1.82, 2.24) is 14.3 Å². The summed E-state index contributed by atoms with van der Waals surface area (Å²) >= 11 is 1.24. The van der Waals surface area contributed by atoms with E-state index in [2.05, 4.69) is 32.3 Å². The number of rotatable bonds is 7. The molecule has 2 aromatic heterocycles. The first-order chi connectivity index (χ1) is 21.4. The molecule has 2 aromatic carbocycles. The molecular weight excluding hydrogens is 589 g/mol. The Morgan fingerprint density at radius 2 is 1.73 bits per heavy atom. The van der Waals surface area contributed by atoms with Gasteiger partial charge in [0.25, 0.3) is 0 Å². The minimum absolute atomic E-state index is 0.0690. The van der Waals surface area contributed by atoms with Gasteiger partial charge in [-0.2, -0.15) is 0 Å². The van der Waals surface area contributed by atoms with E-state index in [-0.39, 0.29) is 23.4 Å². The molecule has 7 nitrogen and oxygen atoms in total. The molecule has 2 fully saturated rings. The van der Waals surface area contributed by atoms with Gasteiger partial charge in [0, 0.05) is 28.1 Å². The highest BCUT2D eigenvalue weighted by molar-refractivity contribution is 8.12. The molecule has 1 saturated heterocycles. The third-order valence-electron chi connectivity index (χ3n) is 8.21. The number of amides is 1. The quantitative estimate of drug-likeness (QED) is 0.208. The monoisotopic (exact) mass is 628 g/mol. The molecule has 6 rings (SSSR count). The van der Waals surface area contributed by atoms with Crippen LogP contribution in [0.1, 0.15) is 61.4 Å². The second-order valence-corrected chi connectivity index (χ2v) is 13.7. The van der Waals surface area contributed by atoms with Gasteiger partial charge in [-0.3, -0.25) is 4.79 Å². The lowest BCUT2D eigenvalue weighted by molar-refractivity contribution is -0.121. The van der Waals surface area contributed by atoms with E-state index in [1.807, 2.05) is 80.3 Å². The van der Waals surface area contributed by atoms with Crippen LogP contribution in [0.2, 0.25) is 0 Å². The number of aryl methyl sites for hydroxylation is 1. The zero-order chi connectivity index (χ0) is 31.2. The van der Waals surface area contributed by atoms with Gasteiger partial charge in [-0.1, -0.05) is 92.1 Å². The van der Waals surface area contributed by atoms with Gasteiger partial charge in [-0.25, -0.2) is 19.1 Å². The summed E-state index contributed by atoms with van der Waals surface area (Å²) in [5, 5.41) is 10.2. The van der Waals surface area contributed by atoms with E-state index in [9.17, 15) is 14.7 Å². The molecule has 1 N–H and O–H groups in total. The highest BCUT2D eigenvalue weighted by atomic mass is 32.2. The van der Waals surface area contributed by atoms with Crippen molar-refractivity contribution < 1.29 is 14.7 Å². The normalized spacial score (nSPS) is 18.4. The molecule has 1 aliphatic carbocycles. The number of carboxylic acid groups (broad SMARTS) is 1. The first kappa shape index (κ1) is 31.8. The summed E-state index contributed by atoms with van der Waals surface area (Å²) in [6, 6.07) is 21.7. The number of benzene rings is 2. The number of nitrogens with zero attached hydrogens (tertiary/aromatic N) is 4. The molecule has 0 spiro atoms. The van der Waals surface area contributed by atoms with Crippen LogP contribution in [0.3, 0.4) is 0 Å². The van der Waals surface area contributed by atoms with Crippen LogP contribution >= 0.6 is 22.0 Å². The zero-order valence-corrected chi connectivity index (χ0v) is 27.2. The number of anilines is 1. The van der Waals surface area contributed by atoms with E-state index in [1.165, 1.54) is 17.8 Å². The Morgan fingerprint density at radius 3 is 2.43 bits per heavy atom. The first-order valence-electron chi connectivity index (χ1n) is 15.3. The Kier molecular flexibility index (Phi) is 10.4. The number of thiophene rings is 1. The maximum absolute atomic E-state index is 14.1. The maximum Gasteiger partial charge on any atom is 0.348 e. The molecule has 1 aliphatic heterocycles. The fraction of sp³-hybridized carbons (Fsp3) is 0.343. The van der Waals surface area contributed by atoms with Gasteiger partial charge >= 0.3 is 5.97 Å². The molecule has 1 amide bonds. The number of carbonyl (C=O) groups is 2. The number of hydrogen-bond donors (Lipinski definition) is 1. The number of aromatic nitrogens is 2. The Bertz CT molecular complexity index is 1630. The lowest BCUT2D eigenvalue weighted by Gasteiger charge is -2.46. The van der Waals surface area contributed by atoms with Crippen molar-refractivity contribution in [2.24, 2.45) is 5.92 Å². The van der Waals surface area contributed by atoms with Crippen LogP contribution in [-0.2, 0) is 4.79 Å². The van der Waals surface area contributed by atoms with E-state index < -0.39 is 16.6 Å². The van der Waals surface area contributed by atoms with Crippen LogP contribution in [0.5, 0.6) is 0 Å². The second kappa shape index (κ2) is 14.4. The fourth-order valence-electron chi connectivity index (χ4n) is 6.15. The molecule has 3 heterocycles. The van der Waals surface area contributed by atoms with E-state index in [0.29, 0.717) is 24.0 Å². The Balaban J connectivity index is 0.00000188. The summed E-state index contributed by atoms with van der Waals surface area (Å²) in [5.74, 6) is 4.50. The van der Waals surface area contributed by atoms with Gasteiger partial charge in [0.15, 0.2) is 0 Å². The molecule has 0 radical (unpaired) electrons. The molecule has 230 valence electrons. The summed E-state index contributed by atoms with van der Waals surface area (Å²) < 4.78 is 2.19. The average molecular weight is 629 g/mol. The van der Waals surface area contributed by atoms with Gasteiger partial charge in [0.2, 0.25) is 5.91 Å². The number of carbonyl (C=O) groups excluding carboxylic acids is 1. The molecule has 44 heavy (non-hydrogen) atoms. The van der Waals surface area contributed by atoms with Crippen LogP contribution < -0.4 is 4.90 Å². The predicted molar refractivity (Wildman–Crippen MR) is 183 cm³/mol. The van der Waals surface area contributed by atoms with Crippen molar-refractivity contribution in [3.05, 3.63) is 83.6 Å². The average Bonchev–Trinajstić information content (AvgIpc) is 3.51. The van der Waals surface area contributed by atoms with Gasteiger partial charge < -0.3 is 10.0 Å². The van der Waals surface area contributed by atoms with E-state index >= 15 is 0 Å². The van der Waals surface area contributed by atoms with Crippen molar-refractivity contribution >= 4 is 45.4 Å². The van der Waals surface area contributed by atoms with E-state index in [0.717, 1.165) is 52.3 Å². The van der Waals surface area contributed by atoms with E-state index in [4.69, 9.17) is 0 Å². The third-order valence-corrected chi connectivity index (χ3v) is 11.1. The molecule has 9 heteroatoms. The molecular formula is C35H40N4O3S2. The molecule has 2 unspecified atom stereocenters. The van der Waals surface area contributed by atoms with E-state index in [1.54, 1.807) is 6.20 Å². The molecule has 2 aliphatic rings. The summed E-state index contributed by atoms with van der Waals surface area (Å²) in [6.07, 6.45) is 7.29. The van der Waals surface area contributed by atoms with Crippen LogP contribution in [0.15, 0.2) is 77.8 Å². The van der Waals surface area contributed by atoms with Crippen LogP contribution in [0.4, 0.5) is 5.69 Å². The summed E-state index contributed by atoms with van der Waals surface area (Å²) in [4.78, 5) is 39.3. The minimum atomic E-state index is -0.997. The topological polar surface area (TPSA) is 86.6 Å². The van der Waals surface area contributed by atoms with Gasteiger partial charge in [-0.15, -0.1) is 11.3 Å². The Morgan fingerprint density at radius 1 is 1.00 bits per heavy atom. The van der Waals surface area contributed by atoms with Crippen LogP contribution in [0, 0.1) is 12.8 Å². The summed E-state index contributed by atoms with van der Waals surface area (Å²) in [7, 11) is -0.586. The molecule has 2 atom stereocenters. The number of hydrogen-bond acceptors (Lipinski definition) is 6. The lowest BCUT2D eigenvalue weighted by Crippen LogP contribution is -2.58. The smallest absolute Gasteiger partial charge is 0.348 e. The van der Waals surface area contributed by atoms with Crippen molar-refractivity contribution in [1.29, 1.82) is 0 Å². The third kappa shape index (κ3) is 6.85. The zero-order valence-electron chi connectivity index (χ0n) is 25.6. The van der Waals surface area contributed by atoms with Crippen molar-refractivity contribution in [2.75, 3.05) is 18.0 Å². The lowest BCUT2D eigenvalue weighted by atomic mass is 9.82. The van der Waals surface area contributed by atoms with Crippen molar-refractivity contribution in [2.45, 2.75) is 63.8 Å². The van der Waals surface area contributed by atoms with Crippen LogP contribution in [0.25, 0.3) is 21.7 Å². The largest absolute Gasteiger partial charge is 0.477 e. The highest BCUT2D eigenvalue weighted by Gasteiger charge is 2.41. The summed E-state index contributed by atoms with van der Waals surface area (Å²) in [5.41, 5.74) is 3.33. The van der Waals surface area contributed by atoms with Crippen LogP contribution in [-0.4, -0.2) is 56.3 Å². The van der Waals surface area contributed by atoms with Crippen molar-refractivity contribution in [3.8, 4) is 21.7 Å². The number of carboxylic acids is 1. The SMILES string of the molecule is C=S(c1cccc(-c2ccnc(C)n2)c1)N1CC(=O)N(c2cc(-c3ccccc3)sc2C(=O)O)C(C2CCCCC2)C1.CC. The van der Waals surface area contributed by atoms with Gasteiger partial charge in [0.05, 0.1) is 24.0 Å². The summed E-state index contributed by atoms with van der Waals surface area (Å²) in [6.45, 7) is 6.71. The van der Waals surface area contributed by atoms with Gasteiger partial charge in [-0.05, 0) is 55.5 Å². The Hall–Kier alpha value is -3.66. The molecule has 1 saturated carbocycles. The molecule has 0 bridgehead atoms. The predicted octanol–water partition coefficient (Wildman–Crippen LogP) is 8.18. The first-order valence-corrected chi connectivity index (χ1v) is 17.5. The second-order valence-electron chi connectivity index (χ2n) is 10.9. The Labute approximate surface area is 266 Å². The maximum atomic E-state index is 14.1. The minimum Gasteiger partial charge on any atom is -0.477 e. The number of aromatic carboxylic acids is 1. The highest BCUT2D eigenvalue weighted by Crippen LogP contribution is 2.43. The fourth-order valence-corrected chi connectivity index (χ4v) is 8.54. The molecule has 4 aromatic rings. The van der Waals surface area contributed by atoms with Crippen molar-refractivity contribution in [3.63, 3.8) is 0 Å².